The SMILES string of the molecule is O=C(/C(=C\c1ccc2ccc3cccc4ccc1c2c34)P(=O)(O)O)c1ccc2c(c1)OCO2. The molecule has 0 unspecified atom stereocenters. The quantitative estimate of drug-likeness (QED) is 0.156. The highest BCUT2D eigenvalue weighted by Crippen LogP contribution is 2.49. The third-order valence-electron chi connectivity index (χ3n) is 6.04. The molecule has 162 valence electrons. The van der Waals surface area contributed by atoms with Crippen LogP contribution in [0.2, 0.25) is 0 Å². The lowest BCUT2D eigenvalue weighted by Gasteiger charge is -2.14. The molecule has 0 spiro atoms. The molecule has 0 amide bonds. The maximum atomic E-state index is 13.2. The zero-order chi connectivity index (χ0) is 22.7. The number of ether oxygens (including phenoxy) is 2. The van der Waals surface area contributed by atoms with Crippen molar-refractivity contribution in [1.29, 1.82) is 0 Å². The molecule has 33 heavy (non-hydrogen) atoms. The van der Waals surface area contributed by atoms with Gasteiger partial charge in [0.25, 0.3) is 0 Å². The van der Waals surface area contributed by atoms with Gasteiger partial charge in [0.05, 0.1) is 0 Å². The summed E-state index contributed by atoms with van der Waals surface area (Å²) < 4.78 is 23.0. The van der Waals surface area contributed by atoms with Gasteiger partial charge in [0.2, 0.25) is 12.6 Å². The molecule has 0 aromatic heterocycles. The minimum Gasteiger partial charge on any atom is -0.454 e. The van der Waals surface area contributed by atoms with Gasteiger partial charge < -0.3 is 19.3 Å². The Hall–Kier alpha value is -3.70. The third-order valence-corrected chi connectivity index (χ3v) is 7.00. The van der Waals surface area contributed by atoms with Crippen LogP contribution < -0.4 is 9.47 Å². The largest absolute Gasteiger partial charge is 0.454 e. The minimum absolute atomic E-state index is 0.0386. The van der Waals surface area contributed by atoms with Crippen molar-refractivity contribution in [2.75, 3.05) is 6.79 Å². The van der Waals surface area contributed by atoms with Gasteiger partial charge in [-0.1, -0.05) is 54.6 Å². The van der Waals surface area contributed by atoms with E-state index in [-0.39, 0.29) is 12.4 Å². The summed E-state index contributed by atoms with van der Waals surface area (Å²) in [4.78, 5) is 33.4. The number of fused-ring (bicyclic) bond motifs is 1. The van der Waals surface area contributed by atoms with E-state index in [1.165, 1.54) is 18.2 Å². The monoisotopic (exact) mass is 456 g/mol. The van der Waals surface area contributed by atoms with Crippen LogP contribution in [0, 0.1) is 0 Å². The fourth-order valence-electron chi connectivity index (χ4n) is 4.50. The van der Waals surface area contributed by atoms with Crippen molar-refractivity contribution in [2.24, 2.45) is 0 Å². The molecular formula is C26H17O6P. The lowest BCUT2D eigenvalue weighted by atomic mass is 9.92. The average molecular weight is 456 g/mol. The number of carbonyl (C=O) groups is 1. The summed E-state index contributed by atoms with van der Waals surface area (Å²) in [6.45, 7) is 0.0386. The second kappa shape index (κ2) is 7.15. The molecule has 2 N–H and O–H groups in total. The molecule has 6 rings (SSSR count). The van der Waals surface area contributed by atoms with Crippen LogP contribution in [0.3, 0.4) is 0 Å². The predicted octanol–water partition coefficient (Wildman–Crippen LogP) is 5.71. The fraction of sp³-hybridized carbons (Fsp3) is 0.0385. The molecule has 0 aliphatic carbocycles. The van der Waals surface area contributed by atoms with Gasteiger partial charge in [-0.3, -0.25) is 9.36 Å². The van der Waals surface area contributed by atoms with Crippen LogP contribution >= 0.6 is 7.60 Å². The van der Waals surface area contributed by atoms with Crippen LogP contribution in [-0.4, -0.2) is 22.4 Å². The minimum atomic E-state index is -4.89. The van der Waals surface area contributed by atoms with E-state index >= 15 is 0 Å². The first kappa shape index (κ1) is 19.9. The van der Waals surface area contributed by atoms with Crippen molar-refractivity contribution in [1.82, 2.24) is 0 Å². The summed E-state index contributed by atoms with van der Waals surface area (Å²) in [6.07, 6.45) is 1.31. The normalized spacial score (nSPS) is 13.9. The highest BCUT2D eigenvalue weighted by molar-refractivity contribution is 7.58. The molecular weight excluding hydrogens is 439 g/mol. The van der Waals surface area contributed by atoms with Crippen molar-refractivity contribution in [3.63, 3.8) is 0 Å². The molecule has 0 saturated heterocycles. The Morgan fingerprint density at radius 2 is 1.48 bits per heavy atom. The second-order valence-corrected chi connectivity index (χ2v) is 9.55. The predicted molar refractivity (Wildman–Crippen MR) is 127 cm³/mol. The Morgan fingerprint density at radius 1 is 0.818 bits per heavy atom. The Balaban J connectivity index is 1.56. The van der Waals surface area contributed by atoms with E-state index in [9.17, 15) is 19.1 Å². The van der Waals surface area contributed by atoms with Crippen LogP contribution in [-0.2, 0) is 4.57 Å². The number of Topliss-reactive ketones (excluding diaryl/α,β-unsaturated/α-hetero) is 1. The van der Waals surface area contributed by atoms with Crippen molar-refractivity contribution in [3.05, 3.63) is 89.2 Å². The molecule has 1 aliphatic heterocycles. The number of ketones is 1. The highest BCUT2D eigenvalue weighted by atomic mass is 31.2. The number of hydrogen-bond acceptors (Lipinski definition) is 4. The summed E-state index contributed by atoms with van der Waals surface area (Å²) in [5, 5.41) is 5.52. The zero-order valence-corrected chi connectivity index (χ0v) is 18.1. The molecule has 5 aromatic rings. The second-order valence-electron chi connectivity index (χ2n) is 7.98. The van der Waals surface area contributed by atoms with Crippen LogP contribution in [0.4, 0.5) is 0 Å². The highest BCUT2D eigenvalue weighted by Gasteiger charge is 2.30. The lowest BCUT2D eigenvalue weighted by Crippen LogP contribution is -2.04. The first-order chi connectivity index (χ1) is 15.9. The number of allylic oxidation sites excluding steroid dienone is 1. The Morgan fingerprint density at radius 3 is 2.24 bits per heavy atom. The summed E-state index contributed by atoms with van der Waals surface area (Å²) in [6, 6.07) is 22.2. The van der Waals surface area contributed by atoms with Gasteiger partial charge in [0.15, 0.2) is 11.5 Å². The molecule has 7 heteroatoms. The van der Waals surface area contributed by atoms with Crippen LogP contribution in [0.25, 0.3) is 38.4 Å². The summed E-state index contributed by atoms with van der Waals surface area (Å²) in [5.74, 6) is 0.0982. The summed E-state index contributed by atoms with van der Waals surface area (Å²) in [5.41, 5.74) is 0.680. The van der Waals surface area contributed by atoms with Gasteiger partial charge in [0.1, 0.15) is 5.31 Å². The number of rotatable bonds is 4. The van der Waals surface area contributed by atoms with Crippen molar-refractivity contribution in [3.8, 4) is 11.5 Å². The molecule has 0 radical (unpaired) electrons. The molecule has 0 bridgehead atoms. The van der Waals surface area contributed by atoms with E-state index in [0.717, 1.165) is 32.3 Å². The van der Waals surface area contributed by atoms with Gasteiger partial charge in [-0.2, -0.15) is 0 Å². The average Bonchev–Trinajstić information content (AvgIpc) is 3.28. The van der Waals surface area contributed by atoms with Crippen LogP contribution in [0.5, 0.6) is 11.5 Å². The van der Waals surface area contributed by atoms with Gasteiger partial charge in [-0.15, -0.1) is 0 Å². The maximum absolute atomic E-state index is 13.2. The molecule has 0 saturated carbocycles. The van der Waals surface area contributed by atoms with E-state index in [0.29, 0.717) is 17.1 Å². The van der Waals surface area contributed by atoms with Crippen molar-refractivity contribution in [2.45, 2.75) is 0 Å². The van der Waals surface area contributed by atoms with Crippen LogP contribution in [0.15, 0.2) is 78.1 Å². The zero-order valence-electron chi connectivity index (χ0n) is 17.2. The first-order valence-corrected chi connectivity index (χ1v) is 11.9. The van der Waals surface area contributed by atoms with E-state index in [1.54, 1.807) is 12.1 Å². The van der Waals surface area contributed by atoms with Crippen molar-refractivity contribution >= 4 is 51.8 Å². The van der Waals surface area contributed by atoms with E-state index in [4.69, 9.17) is 9.47 Å². The fourth-order valence-corrected chi connectivity index (χ4v) is 5.20. The van der Waals surface area contributed by atoms with Crippen LogP contribution in [0.1, 0.15) is 15.9 Å². The van der Waals surface area contributed by atoms with E-state index in [1.807, 2.05) is 42.5 Å². The topological polar surface area (TPSA) is 93.1 Å². The summed E-state index contributed by atoms with van der Waals surface area (Å²) in [7, 11) is -4.89. The third kappa shape index (κ3) is 3.19. The standard InChI is InChI=1S/C26H17O6P/c27-26(19-9-11-21-22(12-19)32-14-31-21)23(33(28,29)30)13-18-7-6-17-5-4-15-2-1-3-16-8-10-20(18)25(17)24(15)16/h1-13H,14H2,(H2,28,29,30)/b23-13+. The first-order valence-electron chi connectivity index (χ1n) is 10.3. The Bertz CT molecular complexity index is 1650. The summed E-state index contributed by atoms with van der Waals surface area (Å²) >= 11 is 0. The van der Waals surface area contributed by atoms with E-state index in [2.05, 4.69) is 6.07 Å². The molecule has 1 heterocycles. The van der Waals surface area contributed by atoms with Gasteiger partial charge in [-0.25, -0.2) is 0 Å². The number of hydrogen-bond donors (Lipinski definition) is 2. The van der Waals surface area contributed by atoms with Crippen molar-refractivity contribution < 1.29 is 28.6 Å². The number of benzene rings is 5. The molecule has 5 aromatic carbocycles. The Labute approximate surface area is 188 Å². The van der Waals surface area contributed by atoms with E-state index < -0.39 is 18.7 Å². The van der Waals surface area contributed by atoms with Gasteiger partial charge in [-0.05, 0) is 62.2 Å². The van der Waals surface area contributed by atoms with Gasteiger partial charge >= 0.3 is 7.60 Å². The molecule has 0 fully saturated rings. The smallest absolute Gasteiger partial charge is 0.360 e. The molecule has 1 aliphatic rings. The van der Waals surface area contributed by atoms with Gasteiger partial charge in [0, 0.05) is 5.56 Å². The number of carbonyl (C=O) groups excluding carboxylic acids is 1. The Kier molecular flexibility index (Phi) is 4.32. The molecule has 0 atom stereocenters. The molecule has 6 nitrogen and oxygen atoms in total. The maximum Gasteiger partial charge on any atom is 0.360 e. The lowest BCUT2D eigenvalue weighted by molar-refractivity contribution is 0.103.